The van der Waals surface area contributed by atoms with E-state index in [1.165, 1.54) is 43.5 Å². The molecule has 0 saturated carbocycles. The minimum Gasteiger partial charge on any atom is -0.330 e. The van der Waals surface area contributed by atoms with Crippen LogP contribution in [0, 0.1) is 5.92 Å². The van der Waals surface area contributed by atoms with E-state index in [4.69, 9.17) is 5.73 Å². The van der Waals surface area contributed by atoms with Gasteiger partial charge in [0.1, 0.15) is 0 Å². The predicted octanol–water partition coefficient (Wildman–Crippen LogP) is 3.93. The van der Waals surface area contributed by atoms with Crippen LogP contribution in [-0.2, 0) is 0 Å². The van der Waals surface area contributed by atoms with Gasteiger partial charge in [0.2, 0.25) is 0 Å². The topological polar surface area (TPSA) is 29.3 Å². The van der Waals surface area contributed by atoms with E-state index in [-0.39, 0.29) is 0 Å². The fourth-order valence-electron chi connectivity index (χ4n) is 3.50. The zero-order chi connectivity index (χ0) is 14.5. The molecule has 0 radical (unpaired) electrons. The van der Waals surface area contributed by atoms with Gasteiger partial charge in [0.25, 0.3) is 0 Å². The lowest BCUT2D eigenvalue weighted by Crippen LogP contribution is -2.41. The molecule has 0 aliphatic carbocycles. The molecule has 1 aliphatic rings. The lowest BCUT2D eigenvalue weighted by Gasteiger charge is -2.41. The molecule has 1 fully saturated rings. The molecule has 2 unspecified atom stereocenters. The Morgan fingerprint density at radius 3 is 2.50 bits per heavy atom. The molecule has 1 aromatic rings. The molecule has 2 N–H and O–H groups in total. The molecule has 2 rings (SSSR count). The summed E-state index contributed by atoms with van der Waals surface area (Å²) in [5.41, 5.74) is 8.92. The van der Waals surface area contributed by atoms with Crippen molar-refractivity contribution in [3.63, 3.8) is 0 Å². The van der Waals surface area contributed by atoms with E-state index in [2.05, 4.69) is 49.9 Å². The normalized spacial score (nSPS) is 24.2. The molecular weight excluding hydrogens is 244 g/mol. The van der Waals surface area contributed by atoms with E-state index in [1.54, 1.807) is 0 Å². The maximum atomic E-state index is 6.04. The van der Waals surface area contributed by atoms with Crippen molar-refractivity contribution in [1.82, 2.24) is 4.90 Å². The fourth-order valence-corrected chi connectivity index (χ4v) is 3.50. The third-order valence-electron chi connectivity index (χ3n) is 4.62. The van der Waals surface area contributed by atoms with Crippen LogP contribution in [-0.4, -0.2) is 24.5 Å². The molecule has 1 aromatic carbocycles. The lowest BCUT2D eigenvalue weighted by atomic mass is 9.84. The van der Waals surface area contributed by atoms with Crippen molar-refractivity contribution in [2.24, 2.45) is 11.7 Å². The van der Waals surface area contributed by atoms with Gasteiger partial charge in [-0.15, -0.1) is 0 Å². The summed E-state index contributed by atoms with van der Waals surface area (Å²) >= 11 is 0. The van der Waals surface area contributed by atoms with Crippen molar-refractivity contribution in [2.75, 3.05) is 19.6 Å². The second-order valence-corrected chi connectivity index (χ2v) is 6.44. The van der Waals surface area contributed by atoms with Crippen LogP contribution in [0.2, 0.25) is 0 Å². The third kappa shape index (κ3) is 3.42. The van der Waals surface area contributed by atoms with Crippen molar-refractivity contribution in [1.29, 1.82) is 0 Å². The Labute approximate surface area is 124 Å². The highest BCUT2D eigenvalue weighted by molar-refractivity contribution is 5.27. The first-order valence-corrected chi connectivity index (χ1v) is 8.21. The van der Waals surface area contributed by atoms with Gasteiger partial charge >= 0.3 is 0 Å². The summed E-state index contributed by atoms with van der Waals surface area (Å²) < 4.78 is 0. The second kappa shape index (κ2) is 7.24. The standard InChI is InChI=1S/C18H30N2/c1-4-11-20-12-5-6-17(13-19)18(20)16-9-7-15(8-10-16)14(2)3/h7-10,14,17-18H,4-6,11-13,19H2,1-3H3. The lowest BCUT2D eigenvalue weighted by molar-refractivity contribution is 0.0960. The Morgan fingerprint density at radius 1 is 1.25 bits per heavy atom. The monoisotopic (exact) mass is 274 g/mol. The Balaban J connectivity index is 2.23. The van der Waals surface area contributed by atoms with E-state index in [0.717, 1.165) is 6.54 Å². The number of nitrogens with two attached hydrogens (primary N) is 1. The van der Waals surface area contributed by atoms with Crippen molar-refractivity contribution < 1.29 is 0 Å². The minimum atomic E-state index is 0.523. The number of hydrogen-bond donors (Lipinski definition) is 1. The van der Waals surface area contributed by atoms with Crippen molar-refractivity contribution >= 4 is 0 Å². The number of piperidine rings is 1. The van der Waals surface area contributed by atoms with Gasteiger partial charge in [0.05, 0.1) is 0 Å². The predicted molar refractivity (Wildman–Crippen MR) is 86.9 cm³/mol. The smallest absolute Gasteiger partial charge is 0.0388 e. The summed E-state index contributed by atoms with van der Waals surface area (Å²) in [6.07, 6.45) is 3.79. The number of likely N-dealkylation sites (tertiary alicyclic amines) is 1. The first kappa shape index (κ1) is 15.5. The van der Waals surface area contributed by atoms with Gasteiger partial charge in [-0.3, -0.25) is 4.90 Å². The number of rotatable bonds is 5. The van der Waals surface area contributed by atoms with Gasteiger partial charge in [-0.1, -0.05) is 45.0 Å². The summed E-state index contributed by atoms with van der Waals surface area (Å²) in [4.78, 5) is 2.64. The average molecular weight is 274 g/mol. The zero-order valence-electron chi connectivity index (χ0n) is 13.3. The van der Waals surface area contributed by atoms with Crippen LogP contribution < -0.4 is 5.73 Å². The summed E-state index contributed by atoms with van der Waals surface area (Å²) in [5.74, 6) is 1.22. The average Bonchev–Trinajstić information content (AvgIpc) is 2.47. The Bertz CT molecular complexity index is 394. The Morgan fingerprint density at radius 2 is 1.95 bits per heavy atom. The highest BCUT2D eigenvalue weighted by Crippen LogP contribution is 2.36. The van der Waals surface area contributed by atoms with Crippen LogP contribution in [0.25, 0.3) is 0 Å². The first-order valence-electron chi connectivity index (χ1n) is 8.21. The molecule has 2 nitrogen and oxygen atoms in total. The van der Waals surface area contributed by atoms with Gasteiger partial charge in [0, 0.05) is 6.04 Å². The van der Waals surface area contributed by atoms with Crippen LogP contribution in [0.5, 0.6) is 0 Å². The number of hydrogen-bond acceptors (Lipinski definition) is 2. The summed E-state index contributed by atoms with van der Waals surface area (Å²) in [6, 6.07) is 9.78. The van der Waals surface area contributed by atoms with Gasteiger partial charge in [-0.25, -0.2) is 0 Å². The van der Waals surface area contributed by atoms with E-state index in [9.17, 15) is 0 Å². The van der Waals surface area contributed by atoms with Gasteiger partial charge in [0.15, 0.2) is 0 Å². The SMILES string of the molecule is CCCN1CCCC(CN)C1c1ccc(C(C)C)cc1. The summed E-state index contributed by atoms with van der Waals surface area (Å²) in [5, 5.41) is 0. The van der Waals surface area contributed by atoms with E-state index < -0.39 is 0 Å². The molecule has 0 aromatic heterocycles. The van der Waals surface area contributed by atoms with E-state index in [1.807, 2.05) is 0 Å². The molecule has 2 heteroatoms. The highest BCUT2D eigenvalue weighted by Gasteiger charge is 2.31. The molecular formula is C18H30N2. The molecule has 1 heterocycles. The molecule has 0 amide bonds. The third-order valence-corrected chi connectivity index (χ3v) is 4.62. The summed E-state index contributed by atoms with van der Waals surface area (Å²) in [7, 11) is 0. The van der Waals surface area contributed by atoms with E-state index in [0.29, 0.717) is 17.9 Å². The molecule has 1 saturated heterocycles. The van der Waals surface area contributed by atoms with E-state index >= 15 is 0 Å². The Hall–Kier alpha value is -0.860. The zero-order valence-corrected chi connectivity index (χ0v) is 13.3. The number of nitrogens with zero attached hydrogens (tertiary/aromatic N) is 1. The van der Waals surface area contributed by atoms with Crippen LogP contribution in [0.4, 0.5) is 0 Å². The quantitative estimate of drug-likeness (QED) is 0.881. The van der Waals surface area contributed by atoms with Gasteiger partial charge in [-0.2, -0.15) is 0 Å². The first-order chi connectivity index (χ1) is 9.67. The molecule has 0 spiro atoms. The van der Waals surface area contributed by atoms with Crippen LogP contribution in [0.3, 0.4) is 0 Å². The molecule has 20 heavy (non-hydrogen) atoms. The van der Waals surface area contributed by atoms with Crippen LogP contribution in [0.15, 0.2) is 24.3 Å². The molecule has 0 bridgehead atoms. The molecule has 1 aliphatic heterocycles. The van der Waals surface area contributed by atoms with Gasteiger partial charge in [-0.05, 0) is 61.9 Å². The Kier molecular flexibility index (Phi) is 5.62. The van der Waals surface area contributed by atoms with Crippen molar-refractivity contribution in [3.8, 4) is 0 Å². The fraction of sp³-hybridized carbons (Fsp3) is 0.667. The summed E-state index contributed by atoms with van der Waals surface area (Å²) in [6.45, 7) is 9.99. The molecule has 2 atom stereocenters. The largest absolute Gasteiger partial charge is 0.330 e. The minimum absolute atomic E-state index is 0.523. The molecule has 112 valence electrons. The maximum Gasteiger partial charge on any atom is 0.0388 e. The second-order valence-electron chi connectivity index (χ2n) is 6.44. The van der Waals surface area contributed by atoms with Gasteiger partial charge < -0.3 is 5.73 Å². The van der Waals surface area contributed by atoms with Crippen LogP contribution >= 0.6 is 0 Å². The van der Waals surface area contributed by atoms with Crippen molar-refractivity contribution in [3.05, 3.63) is 35.4 Å². The highest BCUT2D eigenvalue weighted by atomic mass is 15.2. The van der Waals surface area contributed by atoms with Crippen LogP contribution in [0.1, 0.15) is 63.1 Å². The number of benzene rings is 1. The van der Waals surface area contributed by atoms with Crippen molar-refractivity contribution in [2.45, 2.75) is 52.0 Å². The maximum absolute atomic E-state index is 6.04.